The van der Waals surface area contributed by atoms with Crippen LogP contribution in [-0.2, 0) is 34.7 Å². The molecule has 2 heterocycles. The zero-order valence-electron chi connectivity index (χ0n) is 12.9. The maximum atomic E-state index is 12.3. The van der Waals surface area contributed by atoms with Gasteiger partial charge in [0.2, 0.25) is 5.91 Å². The van der Waals surface area contributed by atoms with E-state index in [1.165, 1.54) is 13.0 Å². The molecule has 1 aliphatic rings. The Labute approximate surface area is 138 Å². The first-order chi connectivity index (χ1) is 10.9. The van der Waals surface area contributed by atoms with E-state index in [4.69, 9.17) is 0 Å². The highest BCUT2D eigenvalue weighted by atomic mass is 32.2. The summed E-state index contributed by atoms with van der Waals surface area (Å²) in [6, 6.07) is 2.28. The van der Waals surface area contributed by atoms with Gasteiger partial charge in [0.1, 0.15) is 10.0 Å². The number of nitrogens with zero attached hydrogens (tertiary/aromatic N) is 2. The lowest BCUT2D eigenvalue weighted by Crippen LogP contribution is -2.41. The molecule has 0 saturated heterocycles. The molecule has 0 fully saturated rings. The number of amides is 1. The van der Waals surface area contributed by atoms with Crippen LogP contribution < -0.4 is 10.0 Å². The van der Waals surface area contributed by atoms with E-state index in [0.717, 1.165) is 41.9 Å². The Morgan fingerprint density at radius 1 is 1.43 bits per heavy atom. The normalized spacial score (nSPS) is 15.4. The fraction of sp³-hybridized carbons (Fsp3) is 0.429. The van der Waals surface area contributed by atoms with E-state index in [1.807, 2.05) is 0 Å². The number of aromatic nitrogens is 2. The molecule has 2 aromatic heterocycles. The van der Waals surface area contributed by atoms with Crippen LogP contribution in [0, 0.1) is 0 Å². The topological polar surface area (TPSA) is 93.1 Å². The average Bonchev–Trinajstić information content (AvgIpc) is 3.18. The zero-order chi connectivity index (χ0) is 16.6. The third-order valence-corrected chi connectivity index (χ3v) is 6.73. The molecule has 0 saturated carbocycles. The Balaban J connectivity index is 1.72. The molecule has 0 aliphatic heterocycles. The Morgan fingerprint density at radius 3 is 2.91 bits per heavy atom. The second-order valence-corrected chi connectivity index (χ2v) is 8.40. The van der Waals surface area contributed by atoms with E-state index in [-0.39, 0.29) is 4.21 Å². The van der Waals surface area contributed by atoms with Gasteiger partial charge in [0.05, 0.1) is 11.7 Å². The molecule has 0 bridgehead atoms. The predicted octanol–water partition coefficient (Wildman–Crippen LogP) is 1.28. The molecule has 2 N–H and O–H groups in total. The van der Waals surface area contributed by atoms with Gasteiger partial charge in [0, 0.05) is 12.6 Å². The maximum Gasteiger partial charge on any atom is 0.250 e. The van der Waals surface area contributed by atoms with Crippen LogP contribution in [0.5, 0.6) is 0 Å². The fourth-order valence-corrected chi connectivity index (χ4v) is 4.87. The van der Waals surface area contributed by atoms with Crippen LogP contribution in [-0.4, -0.2) is 30.1 Å². The van der Waals surface area contributed by atoms with Gasteiger partial charge >= 0.3 is 0 Å². The summed E-state index contributed by atoms with van der Waals surface area (Å²) in [5.74, 6) is 0.257. The van der Waals surface area contributed by atoms with Crippen LogP contribution in [0.15, 0.2) is 21.7 Å². The van der Waals surface area contributed by atoms with Crippen LogP contribution in [0.1, 0.15) is 24.6 Å². The van der Waals surface area contributed by atoms with E-state index in [9.17, 15) is 13.2 Å². The molecule has 7 nitrogen and oxygen atoms in total. The third-order valence-electron chi connectivity index (χ3n) is 3.80. The SMILES string of the molecule is CC(NS(=O)(=O)c1cccs1)C(=O)Nc1c2c(nn1C)CCC2. The first-order valence-electron chi connectivity index (χ1n) is 7.30. The van der Waals surface area contributed by atoms with Crippen LogP contribution in [0.4, 0.5) is 5.82 Å². The second-order valence-electron chi connectivity index (χ2n) is 5.52. The van der Waals surface area contributed by atoms with Gasteiger partial charge in [-0.3, -0.25) is 9.48 Å². The summed E-state index contributed by atoms with van der Waals surface area (Å²) in [7, 11) is -1.90. The summed E-state index contributed by atoms with van der Waals surface area (Å²) < 4.78 is 28.6. The molecule has 3 rings (SSSR count). The fourth-order valence-electron chi connectivity index (χ4n) is 2.66. The molecule has 23 heavy (non-hydrogen) atoms. The smallest absolute Gasteiger partial charge is 0.250 e. The van der Waals surface area contributed by atoms with Gasteiger partial charge in [-0.25, -0.2) is 8.42 Å². The lowest BCUT2D eigenvalue weighted by Gasteiger charge is -2.14. The standard InChI is InChI=1S/C14H18N4O3S2/c1-9(17-23(20,21)12-7-4-8-22-12)14(19)15-13-10-5-3-6-11(10)16-18(13)2/h4,7-9,17H,3,5-6H2,1-2H3,(H,15,19). The number of thiophene rings is 1. The lowest BCUT2D eigenvalue weighted by molar-refractivity contribution is -0.117. The zero-order valence-corrected chi connectivity index (χ0v) is 14.5. The molecule has 0 spiro atoms. The van der Waals surface area contributed by atoms with Crippen molar-refractivity contribution in [3.63, 3.8) is 0 Å². The number of sulfonamides is 1. The second kappa shape index (κ2) is 6.06. The van der Waals surface area contributed by atoms with E-state index in [2.05, 4.69) is 15.1 Å². The van der Waals surface area contributed by atoms with Crippen molar-refractivity contribution in [3.05, 3.63) is 28.8 Å². The Hall–Kier alpha value is -1.71. The van der Waals surface area contributed by atoms with Crippen LogP contribution in [0.3, 0.4) is 0 Å². The van der Waals surface area contributed by atoms with E-state index >= 15 is 0 Å². The summed E-state index contributed by atoms with van der Waals surface area (Å²) in [6.45, 7) is 1.52. The highest BCUT2D eigenvalue weighted by molar-refractivity contribution is 7.91. The summed E-state index contributed by atoms with van der Waals surface area (Å²) in [5, 5.41) is 8.86. The minimum atomic E-state index is -3.68. The van der Waals surface area contributed by atoms with Crippen molar-refractivity contribution < 1.29 is 13.2 Å². The van der Waals surface area contributed by atoms with Gasteiger partial charge < -0.3 is 5.32 Å². The number of hydrogen-bond acceptors (Lipinski definition) is 5. The summed E-state index contributed by atoms with van der Waals surface area (Å²) >= 11 is 1.11. The van der Waals surface area contributed by atoms with Gasteiger partial charge in [0.25, 0.3) is 10.0 Å². The molecule has 1 unspecified atom stereocenters. The van der Waals surface area contributed by atoms with Gasteiger partial charge in [-0.15, -0.1) is 11.3 Å². The summed E-state index contributed by atoms with van der Waals surface area (Å²) in [6.07, 6.45) is 2.83. The Kier molecular flexibility index (Phi) is 4.26. The number of rotatable bonds is 5. The molecular formula is C14H18N4O3S2. The molecule has 0 aromatic carbocycles. The number of anilines is 1. The van der Waals surface area contributed by atoms with Crippen molar-refractivity contribution in [2.24, 2.45) is 7.05 Å². The minimum Gasteiger partial charge on any atom is -0.309 e. The first kappa shape index (κ1) is 16.2. The maximum absolute atomic E-state index is 12.3. The molecule has 1 atom stereocenters. The average molecular weight is 354 g/mol. The quantitative estimate of drug-likeness (QED) is 0.846. The van der Waals surface area contributed by atoms with Gasteiger partial charge in [0.15, 0.2) is 0 Å². The van der Waals surface area contributed by atoms with Crippen LogP contribution >= 0.6 is 11.3 Å². The highest BCUT2D eigenvalue weighted by Gasteiger charge is 2.26. The van der Waals surface area contributed by atoms with Crippen molar-refractivity contribution in [1.82, 2.24) is 14.5 Å². The first-order valence-corrected chi connectivity index (χ1v) is 9.66. The summed E-state index contributed by atoms with van der Waals surface area (Å²) in [5.41, 5.74) is 2.06. The molecule has 124 valence electrons. The van der Waals surface area contributed by atoms with E-state index in [1.54, 1.807) is 23.2 Å². The molecule has 1 aliphatic carbocycles. The van der Waals surface area contributed by atoms with Crippen molar-refractivity contribution >= 4 is 33.1 Å². The minimum absolute atomic E-state index is 0.193. The largest absolute Gasteiger partial charge is 0.309 e. The third kappa shape index (κ3) is 3.17. The van der Waals surface area contributed by atoms with Crippen molar-refractivity contribution in [2.75, 3.05) is 5.32 Å². The molecule has 1 amide bonds. The molecular weight excluding hydrogens is 336 g/mol. The molecule has 0 radical (unpaired) electrons. The number of hydrogen-bond donors (Lipinski definition) is 2. The number of carbonyl (C=O) groups excluding carboxylic acids is 1. The number of fused-ring (bicyclic) bond motifs is 1. The van der Waals surface area contributed by atoms with Crippen LogP contribution in [0.25, 0.3) is 0 Å². The molecule has 9 heteroatoms. The lowest BCUT2D eigenvalue weighted by atomic mass is 10.2. The monoisotopic (exact) mass is 354 g/mol. The number of nitrogens with one attached hydrogen (secondary N) is 2. The highest BCUT2D eigenvalue weighted by Crippen LogP contribution is 2.28. The van der Waals surface area contributed by atoms with E-state index < -0.39 is 22.0 Å². The van der Waals surface area contributed by atoms with Gasteiger partial charge in [-0.05, 0) is 37.6 Å². The predicted molar refractivity (Wildman–Crippen MR) is 88.0 cm³/mol. The number of carbonyl (C=O) groups is 1. The van der Waals surface area contributed by atoms with Crippen molar-refractivity contribution in [3.8, 4) is 0 Å². The van der Waals surface area contributed by atoms with Crippen LogP contribution in [0.2, 0.25) is 0 Å². The van der Waals surface area contributed by atoms with E-state index in [0.29, 0.717) is 5.82 Å². The van der Waals surface area contributed by atoms with Gasteiger partial charge in [-0.1, -0.05) is 6.07 Å². The molecule has 2 aromatic rings. The Morgan fingerprint density at radius 2 is 2.22 bits per heavy atom. The van der Waals surface area contributed by atoms with Crippen molar-refractivity contribution in [2.45, 2.75) is 36.4 Å². The number of aryl methyl sites for hydroxylation is 2. The summed E-state index contributed by atoms with van der Waals surface area (Å²) in [4.78, 5) is 12.3. The Bertz CT molecular complexity index is 825. The van der Waals surface area contributed by atoms with Crippen molar-refractivity contribution in [1.29, 1.82) is 0 Å². The van der Waals surface area contributed by atoms with Gasteiger partial charge in [-0.2, -0.15) is 9.82 Å².